The fourth-order valence-electron chi connectivity index (χ4n) is 4.35. The summed E-state index contributed by atoms with van der Waals surface area (Å²) in [6, 6.07) is 9.53. The monoisotopic (exact) mass is 523 g/mol. The van der Waals surface area contributed by atoms with Gasteiger partial charge in [-0.25, -0.2) is 15.0 Å². The van der Waals surface area contributed by atoms with Gasteiger partial charge in [0.25, 0.3) is 0 Å². The molecule has 4 rings (SSSR count). The number of fused-ring (bicyclic) bond motifs is 1. The average molecular weight is 524 g/mol. The molecule has 202 valence electrons. The van der Waals surface area contributed by atoms with Crippen LogP contribution in [0.5, 0.6) is 11.5 Å². The standard InChI is InChI=1S/C27H33N5O6/c1-15(2)18-13-19(22(34)14-21(18)33)24-29-30-25(36)32(24)17-6-7-20-16(12-17)9-11-31(20)23(35)8-10-28-26(37)38-27(3,4)5/h6-7,9,11-15,24,29,33-34H,8,10H2,1-5H3,(H,28,37)(H,30,36). The second-order valence-electron chi connectivity index (χ2n) is 10.5. The first-order valence-electron chi connectivity index (χ1n) is 12.4. The normalized spacial score (nSPS) is 15.7. The second-order valence-corrected chi connectivity index (χ2v) is 10.5. The first-order valence-corrected chi connectivity index (χ1v) is 12.4. The van der Waals surface area contributed by atoms with Crippen LogP contribution in [0.15, 0.2) is 42.6 Å². The number of hydrogen-bond donors (Lipinski definition) is 5. The fraction of sp³-hybridized carbons (Fsp3) is 0.370. The van der Waals surface area contributed by atoms with Crippen molar-refractivity contribution in [3.8, 4) is 11.5 Å². The van der Waals surface area contributed by atoms with Gasteiger partial charge in [-0.2, -0.15) is 0 Å². The van der Waals surface area contributed by atoms with Crippen molar-refractivity contribution in [2.75, 3.05) is 11.4 Å². The van der Waals surface area contributed by atoms with Gasteiger partial charge in [-0.05, 0) is 62.6 Å². The van der Waals surface area contributed by atoms with E-state index in [1.54, 1.807) is 57.3 Å². The molecule has 1 saturated heterocycles. The molecular weight excluding hydrogens is 490 g/mol. The number of aromatic nitrogens is 1. The minimum atomic E-state index is -0.735. The number of phenols is 2. The van der Waals surface area contributed by atoms with Gasteiger partial charge in [0.1, 0.15) is 23.3 Å². The van der Waals surface area contributed by atoms with Crippen LogP contribution >= 0.6 is 0 Å². The number of aromatic hydroxyl groups is 2. The van der Waals surface area contributed by atoms with E-state index in [9.17, 15) is 24.6 Å². The number of urea groups is 1. The number of amides is 3. The Balaban J connectivity index is 1.54. The molecule has 0 bridgehead atoms. The summed E-state index contributed by atoms with van der Waals surface area (Å²) >= 11 is 0. The number of carbonyl (C=O) groups excluding carboxylic acids is 3. The lowest BCUT2D eigenvalue weighted by Crippen LogP contribution is -2.34. The number of nitrogens with one attached hydrogen (secondary N) is 3. The van der Waals surface area contributed by atoms with Crippen LogP contribution in [-0.4, -0.2) is 45.0 Å². The van der Waals surface area contributed by atoms with Crippen molar-refractivity contribution < 1.29 is 29.3 Å². The Morgan fingerprint density at radius 2 is 1.84 bits per heavy atom. The zero-order chi connectivity index (χ0) is 27.8. The molecule has 1 fully saturated rings. The van der Waals surface area contributed by atoms with Crippen LogP contribution in [0.1, 0.15) is 69.0 Å². The summed E-state index contributed by atoms with van der Waals surface area (Å²) in [7, 11) is 0. The minimum Gasteiger partial charge on any atom is -0.508 e. The molecule has 5 N–H and O–H groups in total. The number of alkyl carbamates (subject to hydrolysis) is 1. The molecule has 11 heteroatoms. The number of ether oxygens (including phenoxy) is 1. The van der Waals surface area contributed by atoms with E-state index in [0.717, 1.165) is 5.39 Å². The third-order valence-corrected chi connectivity index (χ3v) is 6.11. The van der Waals surface area contributed by atoms with Gasteiger partial charge < -0.3 is 20.3 Å². The van der Waals surface area contributed by atoms with Gasteiger partial charge in [-0.3, -0.25) is 19.7 Å². The van der Waals surface area contributed by atoms with Crippen molar-refractivity contribution in [3.63, 3.8) is 0 Å². The summed E-state index contributed by atoms with van der Waals surface area (Å²) in [6.07, 6.45) is 0.397. The molecule has 11 nitrogen and oxygen atoms in total. The lowest BCUT2D eigenvalue weighted by atomic mass is 9.97. The van der Waals surface area contributed by atoms with Crippen LogP contribution in [0.4, 0.5) is 15.3 Å². The summed E-state index contributed by atoms with van der Waals surface area (Å²) in [4.78, 5) is 38.9. The van der Waals surface area contributed by atoms with E-state index in [4.69, 9.17) is 4.74 Å². The van der Waals surface area contributed by atoms with E-state index in [1.807, 2.05) is 13.8 Å². The van der Waals surface area contributed by atoms with Crippen molar-refractivity contribution >= 4 is 34.6 Å². The van der Waals surface area contributed by atoms with Crippen molar-refractivity contribution in [1.82, 2.24) is 20.7 Å². The number of nitrogens with zero attached hydrogens (tertiary/aromatic N) is 2. The first-order chi connectivity index (χ1) is 17.9. The number of benzene rings is 2. The first kappa shape index (κ1) is 26.8. The van der Waals surface area contributed by atoms with Crippen LogP contribution in [0.3, 0.4) is 0 Å². The van der Waals surface area contributed by atoms with Crippen LogP contribution in [0, 0.1) is 0 Å². The smallest absolute Gasteiger partial charge is 0.407 e. The summed E-state index contributed by atoms with van der Waals surface area (Å²) in [5.41, 5.74) is 7.12. The maximum absolute atomic E-state index is 12.8. The van der Waals surface area contributed by atoms with Gasteiger partial charge >= 0.3 is 12.1 Å². The highest BCUT2D eigenvalue weighted by Crippen LogP contribution is 2.39. The number of rotatable bonds is 6. The number of anilines is 1. The van der Waals surface area contributed by atoms with E-state index in [-0.39, 0.29) is 36.3 Å². The minimum absolute atomic E-state index is 0.000788. The van der Waals surface area contributed by atoms with Gasteiger partial charge in [-0.1, -0.05) is 13.8 Å². The number of hydrazine groups is 1. The van der Waals surface area contributed by atoms with Gasteiger partial charge in [0, 0.05) is 41.9 Å². The number of phenolic OH excluding ortho intramolecular Hbond substituents is 2. The van der Waals surface area contributed by atoms with Crippen LogP contribution < -0.4 is 21.1 Å². The van der Waals surface area contributed by atoms with E-state index < -0.39 is 23.9 Å². The van der Waals surface area contributed by atoms with Crippen molar-refractivity contribution in [1.29, 1.82) is 0 Å². The quantitative estimate of drug-likeness (QED) is 0.321. The third-order valence-electron chi connectivity index (χ3n) is 6.11. The topological polar surface area (TPSA) is 145 Å². The molecular formula is C27H33N5O6. The SMILES string of the molecule is CC(C)c1cc(C2NNC(=O)N2c2ccc3c(ccn3C(=O)CCNC(=O)OC(C)(C)C)c2)c(O)cc1O. The molecule has 1 atom stereocenters. The summed E-state index contributed by atoms with van der Waals surface area (Å²) < 4.78 is 6.68. The van der Waals surface area contributed by atoms with Crippen molar-refractivity contribution in [2.24, 2.45) is 0 Å². The maximum atomic E-state index is 12.8. The molecule has 2 aromatic carbocycles. The molecule has 1 aliphatic heterocycles. The molecule has 2 heterocycles. The summed E-state index contributed by atoms with van der Waals surface area (Å²) in [5, 5.41) is 24.1. The Morgan fingerprint density at radius 1 is 1.11 bits per heavy atom. The predicted molar refractivity (Wildman–Crippen MR) is 142 cm³/mol. The van der Waals surface area contributed by atoms with Crippen molar-refractivity contribution in [2.45, 2.75) is 58.7 Å². The molecule has 0 spiro atoms. The molecule has 1 unspecified atom stereocenters. The van der Waals surface area contributed by atoms with Crippen LogP contribution in [0.25, 0.3) is 10.9 Å². The lowest BCUT2D eigenvalue weighted by Gasteiger charge is -2.25. The zero-order valence-electron chi connectivity index (χ0n) is 22.0. The Morgan fingerprint density at radius 3 is 2.53 bits per heavy atom. The van der Waals surface area contributed by atoms with E-state index in [1.165, 1.54) is 15.5 Å². The highest BCUT2D eigenvalue weighted by molar-refractivity contribution is 5.99. The van der Waals surface area contributed by atoms with Gasteiger partial charge in [0.05, 0.1) is 5.52 Å². The van der Waals surface area contributed by atoms with Gasteiger partial charge in [0.15, 0.2) is 0 Å². The Labute approximate surface area is 220 Å². The van der Waals surface area contributed by atoms with Crippen molar-refractivity contribution in [3.05, 3.63) is 53.7 Å². The predicted octanol–water partition coefficient (Wildman–Crippen LogP) is 4.46. The van der Waals surface area contributed by atoms with Crippen LogP contribution in [0.2, 0.25) is 0 Å². The molecule has 38 heavy (non-hydrogen) atoms. The van der Waals surface area contributed by atoms with Crippen LogP contribution in [-0.2, 0) is 4.74 Å². The average Bonchev–Trinajstić information content (AvgIpc) is 3.40. The molecule has 0 aliphatic carbocycles. The van der Waals surface area contributed by atoms with Gasteiger partial charge in [-0.15, -0.1) is 0 Å². The van der Waals surface area contributed by atoms with E-state index in [0.29, 0.717) is 22.3 Å². The number of hydrogen-bond acceptors (Lipinski definition) is 7. The Hall–Kier alpha value is -4.25. The lowest BCUT2D eigenvalue weighted by molar-refractivity contribution is 0.0526. The summed E-state index contributed by atoms with van der Waals surface area (Å²) in [5.74, 6) is -0.374. The summed E-state index contributed by atoms with van der Waals surface area (Å²) in [6.45, 7) is 9.26. The highest BCUT2D eigenvalue weighted by Gasteiger charge is 2.35. The molecule has 1 aliphatic rings. The Bertz CT molecular complexity index is 1390. The number of carbonyl (C=O) groups is 3. The molecule has 3 amide bonds. The highest BCUT2D eigenvalue weighted by atomic mass is 16.6. The second kappa shape index (κ2) is 10.3. The van der Waals surface area contributed by atoms with Gasteiger partial charge in [0.2, 0.25) is 5.91 Å². The molecule has 1 aromatic heterocycles. The third kappa shape index (κ3) is 5.52. The molecule has 0 saturated carbocycles. The van der Waals surface area contributed by atoms with E-state index >= 15 is 0 Å². The zero-order valence-corrected chi connectivity index (χ0v) is 22.0. The van der Waals surface area contributed by atoms with E-state index in [2.05, 4.69) is 16.2 Å². The largest absolute Gasteiger partial charge is 0.508 e. The Kier molecular flexibility index (Phi) is 7.23. The molecule has 3 aromatic rings. The fourth-order valence-corrected chi connectivity index (χ4v) is 4.35. The molecule has 0 radical (unpaired) electrons. The maximum Gasteiger partial charge on any atom is 0.407 e.